The average Bonchev–Trinajstić information content (AvgIpc) is 2.77. The van der Waals surface area contributed by atoms with E-state index in [1.807, 2.05) is 31.2 Å². The number of hydrogen-bond donors (Lipinski definition) is 1. The fourth-order valence-electron chi connectivity index (χ4n) is 3.75. The molecular weight excluding hydrogens is 418 g/mol. The van der Waals surface area contributed by atoms with Gasteiger partial charge in [0, 0.05) is 19.0 Å². The predicted octanol–water partition coefficient (Wildman–Crippen LogP) is 3.61. The van der Waals surface area contributed by atoms with Gasteiger partial charge in [-0.05, 0) is 56.0 Å². The average molecular weight is 448 g/mol. The first-order valence-corrected chi connectivity index (χ1v) is 11.8. The highest BCUT2D eigenvalue weighted by Crippen LogP contribution is 2.30. The maximum atomic E-state index is 13.4. The number of ether oxygens (including phenoxy) is 2. The lowest BCUT2D eigenvalue weighted by atomic mass is 9.98. The van der Waals surface area contributed by atoms with Gasteiger partial charge in [-0.25, -0.2) is 8.42 Å². The molecule has 31 heavy (non-hydrogen) atoms. The summed E-state index contributed by atoms with van der Waals surface area (Å²) in [6.07, 6.45) is 1.20. The number of rotatable bonds is 9. The number of sulfonamides is 1. The van der Waals surface area contributed by atoms with Crippen molar-refractivity contribution in [2.75, 3.05) is 13.7 Å². The molecule has 7 nitrogen and oxygen atoms in total. The number of carboxylic acids is 1. The van der Waals surface area contributed by atoms with E-state index < -0.39 is 16.0 Å². The first-order valence-electron chi connectivity index (χ1n) is 10.3. The Bertz CT molecular complexity index is 972. The monoisotopic (exact) mass is 447 g/mol. The Balaban J connectivity index is 1.74. The summed E-state index contributed by atoms with van der Waals surface area (Å²) >= 11 is 0. The highest BCUT2D eigenvalue weighted by Gasteiger charge is 2.37. The largest absolute Gasteiger partial charge is 0.497 e. The van der Waals surface area contributed by atoms with Crippen LogP contribution in [-0.2, 0) is 26.2 Å². The SMILES string of the molecule is COc1ccc(CO[C@@H]2CC[C@@H](CCC(=O)O)N(S(=O)(=O)c3ccc(C)cc3)C2)cc1. The smallest absolute Gasteiger partial charge is 0.303 e. The molecule has 0 spiro atoms. The quantitative estimate of drug-likeness (QED) is 0.631. The van der Waals surface area contributed by atoms with Gasteiger partial charge in [0.25, 0.3) is 0 Å². The molecule has 1 fully saturated rings. The zero-order chi connectivity index (χ0) is 22.4. The maximum absolute atomic E-state index is 13.4. The van der Waals surface area contributed by atoms with Crippen LogP contribution in [-0.4, -0.2) is 49.6 Å². The first kappa shape index (κ1) is 23.2. The number of piperidine rings is 1. The molecule has 1 aliphatic heterocycles. The Morgan fingerprint density at radius 1 is 1.10 bits per heavy atom. The lowest BCUT2D eigenvalue weighted by Crippen LogP contribution is -2.49. The van der Waals surface area contributed by atoms with E-state index in [1.165, 1.54) is 4.31 Å². The molecule has 2 atom stereocenters. The first-order chi connectivity index (χ1) is 14.8. The molecule has 0 aliphatic carbocycles. The van der Waals surface area contributed by atoms with Crippen LogP contribution in [0.4, 0.5) is 0 Å². The molecule has 0 saturated carbocycles. The van der Waals surface area contributed by atoms with Crippen LogP contribution >= 0.6 is 0 Å². The minimum Gasteiger partial charge on any atom is -0.497 e. The van der Waals surface area contributed by atoms with Crippen LogP contribution in [0.5, 0.6) is 5.75 Å². The van der Waals surface area contributed by atoms with Crippen LogP contribution in [0.15, 0.2) is 53.4 Å². The molecule has 1 N–H and O–H groups in total. The molecule has 3 rings (SSSR count). The van der Waals surface area contributed by atoms with Crippen LogP contribution in [0, 0.1) is 6.92 Å². The Morgan fingerprint density at radius 2 is 1.77 bits per heavy atom. The molecule has 1 saturated heterocycles. The van der Waals surface area contributed by atoms with Crippen LogP contribution in [0.3, 0.4) is 0 Å². The maximum Gasteiger partial charge on any atom is 0.303 e. The van der Waals surface area contributed by atoms with Crippen LogP contribution in [0.2, 0.25) is 0 Å². The number of nitrogens with zero attached hydrogens (tertiary/aromatic N) is 1. The molecule has 2 aromatic carbocycles. The van der Waals surface area contributed by atoms with Crippen molar-refractivity contribution < 1.29 is 27.8 Å². The van der Waals surface area contributed by atoms with E-state index in [1.54, 1.807) is 31.4 Å². The van der Waals surface area contributed by atoms with Gasteiger partial charge in [0.15, 0.2) is 0 Å². The van der Waals surface area contributed by atoms with Gasteiger partial charge in [-0.3, -0.25) is 4.79 Å². The standard InChI is InChI=1S/C23H29NO6S/c1-17-3-12-22(13-4-17)31(27,28)24-15-21(11-7-19(24)8-14-23(25)26)30-16-18-5-9-20(29-2)10-6-18/h3-6,9-10,12-13,19,21H,7-8,11,14-16H2,1-2H3,(H,25,26)/t19-,21+/m0/s1. The lowest BCUT2D eigenvalue weighted by Gasteiger charge is -2.38. The Labute approximate surface area is 183 Å². The van der Waals surface area contributed by atoms with Gasteiger partial charge in [-0.1, -0.05) is 29.8 Å². The van der Waals surface area contributed by atoms with Crippen molar-refractivity contribution in [3.05, 3.63) is 59.7 Å². The highest BCUT2D eigenvalue weighted by molar-refractivity contribution is 7.89. The third kappa shape index (κ3) is 6.06. The van der Waals surface area contributed by atoms with Crippen molar-refractivity contribution in [2.24, 2.45) is 0 Å². The molecular formula is C23H29NO6S. The molecule has 0 bridgehead atoms. The van der Waals surface area contributed by atoms with Crippen molar-refractivity contribution in [1.29, 1.82) is 0 Å². The summed E-state index contributed by atoms with van der Waals surface area (Å²) in [4.78, 5) is 11.3. The van der Waals surface area contributed by atoms with Gasteiger partial charge >= 0.3 is 5.97 Å². The summed E-state index contributed by atoms with van der Waals surface area (Å²) < 4.78 is 39.3. The Kier molecular flexibility index (Phi) is 7.69. The van der Waals surface area contributed by atoms with Crippen LogP contribution < -0.4 is 4.74 Å². The summed E-state index contributed by atoms with van der Waals surface area (Å²) in [6.45, 7) is 2.47. The highest BCUT2D eigenvalue weighted by atomic mass is 32.2. The minimum absolute atomic E-state index is 0.0675. The number of hydrogen-bond acceptors (Lipinski definition) is 5. The molecule has 0 aromatic heterocycles. The van der Waals surface area contributed by atoms with E-state index in [0.717, 1.165) is 16.9 Å². The molecule has 8 heteroatoms. The number of aliphatic carboxylic acids is 1. The van der Waals surface area contributed by atoms with Gasteiger partial charge in [0.05, 0.1) is 24.7 Å². The Morgan fingerprint density at radius 3 is 2.39 bits per heavy atom. The molecule has 0 unspecified atom stereocenters. The zero-order valence-corrected chi connectivity index (χ0v) is 18.7. The molecule has 1 aliphatic rings. The summed E-state index contributed by atoms with van der Waals surface area (Å²) in [5.74, 6) is -0.163. The van der Waals surface area contributed by atoms with Crippen molar-refractivity contribution in [3.63, 3.8) is 0 Å². The summed E-state index contributed by atoms with van der Waals surface area (Å²) in [7, 11) is -2.15. The van der Waals surface area contributed by atoms with E-state index in [-0.39, 0.29) is 36.4 Å². The van der Waals surface area contributed by atoms with Crippen molar-refractivity contribution in [3.8, 4) is 5.75 Å². The predicted molar refractivity (Wildman–Crippen MR) is 117 cm³/mol. The van der Waals surface area contributed by atoms with Crippen LogP contribution in [0.25, 0.3) is 0 Å². The number of carboxylic acid groups (broad SMARTS) is 1. The zero-order valence-electron chi connectivity index (χ0n) is 17.9. The van der Waals surface area contributed by atoms with E-state index in [9.17, 15) is 13.2 Å². The number of aryl methyl sites for hydroxylation is 1. The minimum atomic E-state index is -3.76. The lowest BCUT2D eigenvalue weighted by molar-refractivity contribution is -0.137. The number of benzene rings is 2. The van der Waals surface area contributed by atoms with Gasteiger partial charge in [0.2, 0.25) is 10.0 Å². The van der Waals surface area contributed by atoms with Gasteiger partial charge in [-0.15, -0.1) is 0 Å². The third-order valence-corrected chi connectivity index (χ3v) is 7.51. The topological polar surface area (TPSA) is 93.1 Å². The van der Waals surface area contributed by atoms with E-state index in [2.05, 4.69) is 0 Å². The van der Waals surface area contributed by atoms with Gasteiger partial charge in [-0.2, -0.15) is 4.31 Å². The molecule has 1 heterocycles. The second-order valence-electron chi connectivity index (χ2n) is 7.83. The molecule has 0 amide bonds. The van der Waals surface area contributed by atoms with E-state index in [0.29, 0.717) is 19.4 Å². The number of carbonyl (C=O) groups is 1. The van der Waals surface area contributed by atoms with Crippen LogP contribution in [0.1, 0.15) is 36.8 Å². The van der Waals surface area contributed by atoms with Crippen molar-refractivity contribution in [2.45, 2.75) is 56.3 Å². The summed E-state index contributed by atoms with van der Waals surface area (Å²) in [5, 5.41) is 9.08. The van der Waals surface area contributed by atoms with E-state index >= 15 is 0 Å². The second kappa shape index (κ2) is 10.3. The molecule has 168 valence electrons. The van der Waals surface area contributed by atoms with Crippen molar-refractivity contribution >= 4 is 16.0 Å². The normalized spacial score (nSPS) is 19.8. The summed E-state index contributed by atoms with van der Waals surface area (Å²) in [5.41, 5.74) is 1.95. The van der Waals surface area contributed by atoms with E-state index in [4.69, 9.17) is 14.6 Å². The fourth-order valence-corrected chi connectivity index (χ4v) is 5.47. The molecule has 2 aromatic rings. The fraction of sp³-hybridized carbons (Fsp3) is 0.435. The van der Waals surface area contributed by atoms with Crippen molar-refractivity contribution in [1.82, 2.24) is 4.31 Å². The second-order valence-corrected chi connectivity index (χ2v) is 9.72. The van der Waals surface area contributed by atoms with Gasteiger partial charge in [0.1, 0.15) is 5.75 Å². The number of methoxy groups -OCH3 is 1. The summed E-state index contributed by atoms with van der Waals surface area (Å²) in [6, 6.07) is 13.9. The van der Waals surface area contributed by atoms with Gasteiger partial charge < -0.3 is 14.6 Å². The molecule has 0 radical (unpaired) electrons. The Hall–Kier alpha value is -2.42. The third-order valence-electron chi connectivity index (χ3n) is 5.58.